The number of hydrogen-bond donors (Lipinski definition) is 2. The Balaban J connectivity index is 2.25. The van der Waals surface area contributed by atoms with Crippen LogP contribution in [0.1, 0.15) is 15.9 Å². The summed E-state index contributed by atoms with van der Waals surface area (Å²) in [5.41, 5.74) is 6.89. The molecule has 1 amide bonds. The van der Waals surface area contributed by atoms with E-state index in [1.807, 2.05) is 0 Å². The Morgan fingerprint density at radius 3 is 2.37 bits per heavy atom. The van der Waals surface area contributed by atoms with Crippen molar-refractivity contribution in [3.8, 4) is 0 Å². The lowest BCUT2D eigenvalue weighted by molar-refractivity contribution is 0.102. The van der Waals surface area contributed by atoms with E-state index in [-0.39, 0.29) is 5.69 Å². The van der Waals surface area contributed by atoms with Crippen molar-refractivity contribution in [1.29, 1.82) is 0 Å². The van der Waals surface area contributed by atoms with Crippen LogP contribution in [0.25, 0.3) is 0 Å². The molecule has 98 valence electrons. The van der Waals surface area contributed by atoms with E-state index in [9.17, 15) is 13.6 Å². The minimum Gasteiger partial charge on any atom is -0.397 e. The van der Waals surface area contributed by atoms with E-state index in [0.29, 0.717) is 16.8 Å². The monoisotopic (exact) mass is 262 g/mol. The number of halogens is 2. The van der Waals surface area contributed by atoms with Gasteiger partial charge in [-0.05, 0) is 48.9 Å². The number of carbonyl (C=O) groups excluding carboxylic acids is 1. The van der Waals surface area contributed by atoms with Crippen molar-refractivity contribution in [3.05, 3.63) is 59.2 Å². The van der Waals surface area contributed by atoms with Crippen LogP contribution in [-0.4, -0.2) is 5.91 Å². The Morgan fingerprint density at radius 2 is 1.74 bits per heavy atom. The highest BCUT2D eigenvalue weighted by molar-refractivity contribution is 6.06. The normalized spacial score (nSPS) is 10.3. The minimum atomic E-state index is -0.478. The van der Waals surface area contributed by atoms with Gasteiger partial charge in [0, 0.05) is 5.56 Å². The van der Waals surface area contributed by atoms with Crippen LogP contribution >= 0.6 is 0 Å². The lowest BCUT2D eigenvalue weighted by Crippen LogP contribution is -2.14. The minimum absolute atomic E-state index is 0.133. The quantitative estimate of drug-likeness (QED) is 0.817. The molecule has 5 heteroatoms. The molecule has 0 fully saturated rings. The first-order valence-corrected chi connectivity index (χ1v) is 5.60. The predicted octanol–water partition coefficient (Wildman–Crippen LogP) is 3.11. The maximum absolute atomic E-state index is 13.0. The SMILES string of the molecule is Cc1cc(F)ccc1C(=O)Nc1ccc(F)cc1N. The number of amides is 1. The van der Waals surface area contributed by atoms with E-state index in [4.69, 9.17) is 5.73 Å². The molecule has 0 unspecified atom stereocenters. The second-order valence-corrected chi connectivity index (χ2v) is 4.14. The molecule has 0 aliphatic carbocycles. The molecule has 2 aromatic rings. The zero-order valence-electron chi connectivity index (χ0n) is 10.2. The predicted molar refractivity (Wildman–Crippen MR) is 69.9 cm³/mol. The second-order valence-electron chi connectivity index (χ2n) is 4.14. The molecule has 2 rings (SSSR count). The number of nitrogen functional groups attached to an aromatic ring is 1. The van der Waals surface area contributed by atoms with Gasteiger partial charge < -0.3 is 11.1 Å². The highest BCUT2D eigenvalue weighted by Gasteiger charge is 2.11. The molecule has 3 nitrogen and oxygen atoms in total. The van der Waals surface area contributed by atoms with Crippen LogP contribution in [0, 0.1) is 18.6 Å². The largest absolute Gasteiger partial charge is 0.397 e. The summed E-state index contributed by atoms with van der Waals surface area (Å²) in [4.78, 5) is 12.0. The fraction of sp³-hybridized carbons (Fsp3) is 0.0714. The number of nitrogens with one attached hydrogen (secondary N) is 1. The molecule has 0 aliphatic heterocycles. The molecule has 0 atom stereocenters. The van der Waals surface area contributed by atoms with E-state index in [1.165, 1.54) is 30.3 Å². The molecule has 0 saturated carbocycles. The highest BCUT2D eigenvalue weighted by Crippen LogP contribution is 2.20. The third-order valence-electron chi connectivity index (χ3n) is 2.69. The molecule has 2 aromatic carbocycles. The van der Waals surface area contributed by atoms with Crippen molar-refractivity contribution in [2.45, 2.75) is 6.92 Å². The first-order valence-electron chi connectivity index (χ1n) is 5.60. The molecule has 19 heavy (non-hydrogen) atoms. The van der Waals surface area contributed by atoms with Crippen molar-refractivity contribution < 1.29 is 13.6 Å². The maximum Gasteiger partial charge on any atom is 0.255 e. The fourth-order valence-electron chi connectivity index (χ4n) is 1.72. The zero-order chi connectivity index (χ0) is 14.0. The summed E-state index contributed by atoms with van der Waals surface area (Å²) in [7, 11) is 0. The molecular formula is C14H12F2N2O. The summed E-state index contributed by atoms with van der Waals surface area (Å²) in [6, 6.07) is 7.55. The number of aryl methyl sites for hydroxylation is 1. The van der Waals surface area contributed by atoms with Gasteiger partial charge in [0.1, 0.15) is 11.6 Å². The summed E-state index contributed by atoms with van der Waals surface area (Å²) in [5.74, 6) is -1.31. The average Bonchev–Trinajstić information content (AvgIpc) is 2.32. The Bertz CT molecular complexity index is 641. The van der Waals surface area contributed by atoms with Gasteiger partial charge in [-0.2, -0.15) is 0 Å². The number of anilines is 2. The van der Waals surface area contributed by atoms with Crippen molar-refractivity contribution in [3.63, 3.8) is 0 Å². The zero-order valence-corrected chi connectivity index (χ0v) is 10.2. The van der Waals surface area contributed by atoms with Gasteiger partial charge in [0.25, 0.3) is 5.91 Å². The van der Waals surface area contributed by atoms with Gasteiger partial charge in [-0.25, -0.2) is 8.78 Å². The molecule has 0 bridgehead atoms. The Labute approximate surface area is 109 Å². The van der Waals surface area contributed by atoms with Crippen LogP contribution in [0.3, 0.4) is 0 Å². The highest BCUT2D eigenvalue weighted by atomic mass is 19.1. The van der Waals surface area contributed by atoms with Crippen LogP contribution in [-0.2, 0) is 0 Å². The van der Waals surface area contributed by atoms with E-state index < -0.39 is 17.5 Å². The van der Waals surface area contributed by atoms with Gasteiger partial charge in [0.05, 0.1) is 11.4 Å². The van der Waals surface area contributed by atoms with E-state index in [2.05, 4.69) is 5.32 Å². The first-order chi connectivity index (χ1) is 8.97. The molecule has 0 spiro atoms. The Hall–Kier alpha value is -2.43. The summed E-state index contributed by atoms with van der Waals surface area (Å²) in [6.45, 7) is 1.63. The van der Waals surface area contributed by atoms with Crippen molar-refractivity contribution >= 4 is 17.3 Å². The van der Waals surface area contributed by atoms with Crippen molar-refractivity contribution in [2.75, 3.05) is 11.1 Å². The number of benzene rings is 2. The standard InChI is InChI=1S/C14H12F2N2O/c1-8-6-9(15)2-4-11(8)14(19)18-13-5-3-10(16)7-12(13)17/h2-7H,17H2,1H3,(H,18,19). The van der Waals surface area contributed by atoms with Crippen LogP contribution in [0.4, 0.5) is 20.2 Å². The van der Waals surface area contributed by atoms with Gasteiger partial charge >= 0.3 is 0 Å². The molecule has 0 aromatic heterocycles. The third kappa shape index (κ3) is 2.88. The maximum atomic E-state index is 13.0. The van der Waals surface area contributed by atoms with E-state index in [0.717, 1.165) is 6.07 Å². The number of carbonyl (C=O) groups is 1. The molecule has 0 heterocycles. The second kappa shape index (κ2) is 5.06. The molecule has 0 saturated heterocycles. The molecule has 0 aliphatic rings. The lowest BCUT2D eigenvalue weighted by atomic mass is 10.1. The van der Waals surface area contributed by atoms with Crippen molar-refractivity contribution in [2.24, 2.45) is 0 Å². The summed E-state index contributed by atoms with van der Waals surface area (Å²) in [6.07, 6.45) is 0. The first kappa shape index (κ1) is 13.0. The number of nitrogens with two attached hydrogens (primary N) is 1. The van der Waals surface area contributed by atoms with Crippen molar-refractivity contribution in [1.82, 2.24) is 0 Å². The smallest absolute Gasteiger partial charge is 0.255 e. The van der Waals surface area contributed by atoms with Crippen LogP contribution in [0.5, 0.6) is 0 Å². The summed E-state index contributed by atoms with van der Waals surface area (Å²) < 4.78 is 25.8. The lowest BCUT2D eigenvalue weighted by Gasteiger charge is -2.10. The summed E-state index contributed by atoms with van der Waals surface area (Å²) in [5, 5.41) is 2.56. The van der Waals surface area contributed by atoms with Gasteiger partial charge in [-0.15, -0.1) is 0 Å². The van der Waals surface area contributed by atoms with Gasteiger partial charge in [-0.3, -0.25) is 4.79 Å². The number of rotatable bonds is 2. The van der Waals surface area contributed by atoms with E-state index >= 15 is 0 Å². The number of hydrogen-bond acceptors (Lipinski definition) is 2. The Kier molecular flexibility index (Phi) is 3.46. The van der Waals surface area contributed by atoms with Gasteiger partial charge in [-0.1, -0.05) is 0 Å². The van der Waals surface area contributed by atoms with E-state index in [1.54, 1.807) is 6.92 Å². The van der Waals surface area contributed by atoms with Crippen LogP contribution < -0.4 is 11.1 Å². The van der Waals surface area contributed by atoms with Crippen LogP contribution in [0.15, 0.2) is 36.4 Å². The third-order valence-corrected chi connectivity index (χ3v) is 2.69. The van der Waals surface area contributed by atoms with Crippen LogP contribution in [0.2, 0.25) is 0 Å². The molecule has 3 N–H and O–H groups in total. The fourth-order valence-corrected chi connectivity index (χ4v) is 1.72. The topological polar surface area (TPSA) is 55.1 Å². The average molecular weight is 262 g/mol. The Morgan fingerprint density at radius 1 is 1.11 bits per heavy atom. The van der Waals surface area contributed by atoms with Gasteiger partial charge in [0.15, 0.2) is 0 Å². The van der Waals surface area contributed by atoms with Gasteiger partial charge in [0.2, 0.25) is 0 Å². The molecular weight excluding hydrogens is 250 g/mol. The summed E-state index contributed by atoms with van der Waals surface area (Å²) >= 11 is 0. The molecule has 0 radical (unpaired) electrons.